The fourth-order valence-electron chi connectivity index (χ4n) is 1.56. The first-order valence-electron chi connectivity index (χ1n) is 5.49. The lowest BCUT2D eigenvalue weighted by molar-refractivity contribution is 0.0696. The van der Waals surface area contributed by atoms with Crippen molar-refractivity contribution in [3.63, 3.8) is 0 Å². The molecule has 6 heteroatoms. The summed E-state index contributed by atoms with van der Waals surface area (Å²) in [5.74, 6) is -1.06. The molecule has 98 valence electrons. The van der Waals surface area contributed by atoms with Gasteiger partial charge in [0.2, 0.25) is 0 Å². The van der Waals surface area contributed by atoms with Crippen molar-refractivity contribution < 1.29 is 14.3 Å². The Hall–Kier alpha value is -2.63. The number of pyridine rings is 1. The van der Waals surface area contributed by atoms with Crippen LogP contribution in [-0.4, -0.2) is 16.1 Å². The number of aromatic nitrogens is 1. The van der Waals surface area contributed by atoms with Gasteiger partial charge in [-0.15, -0.1) is 0 Å². The Morgan fingerprint density at radius 2 is 2.16 bits per heavy atom. The maximum absolute atomic E-state index is 13.1. The molecule has 0 amide bonds. The second kappa shape index (κ2) is 4.93. The van der Waals surface area contributed by atoms with Crippen LogP contribution >= 0.6 is 0 Å². The normalized spacial score (nSPS) is 10.2. The molecule has 0 aliphatic carbocycles. The van der Waals surface area contributed by atoms with Crippen LogP contribution in [0, 0.1) is 12.7 Å². The summed E-state index contributed by atoms with van der Waals surface area (Å²) in [7, 11) is 0. The van der Waals surface area contributed by atoms with E-state index in [1.54, 1.807) is 19.1 Å². The largest absolute Gasteiger partial charge is 0.478 e. The van der Waals surface area contributed by atoms with Crippen molar-refractivity contribution in [1.29, 1.82) is 0 Å². The Balaban J connectivity index is 2.28. The highest BCUT2D eigenvalue weighted by Gasteiger charge is 2.08. The van der Waals surface area contributed by atoms with Crippen LogP contribution < -0.4 is 11.1 Å². The topological polar surface area (TPSA) is 88.2 Å². The van der Waals surface area contributed by atoms with Gasteiger partial charge in [-0.25, -0.2) is 14.2 Å². The van der Waals surface area contributed by atoms with Gasteiger partial charge in [-0.2, -0.15) is 0 Å². The summed E-state index contributed by atoms with van der Waals surface area (Å²) in [5.41, 5.74) is 7.05. The van der Waals surface area contributed by atoms with Gasteiger partial charge in [-0.1, -0.05) is 0 Å². The first kappa shape index (κ1) is 12.8. The average molecular weight is 261 g/mol. The second-order valence-electron chi connectivity index (χ2n) is 4.06. The van der Waals surface area contributed by atoms with Crippen LogP contribution in [0.25, 0.3) is 0 Å². The van der Waals surface area contributed by atoms with E-state index < -0.39 is 5.97 Å². The number of nitrogens with zero attached hydrogens (tertiary/aromatic N) is 1. The molecule has 4 N–H and O–H groups in total. The second-order valence-corrected chi connectivity index (χ2v) is 4.06. The molecule has 0 unspecified atom stereocenters. The van der Waals surface area contributed by atoms with Gasteiger partial charge in [-0.05, 0) is 36.8 Å². The van der Waals surface area contributed by atoms with Gasteiger partial charge in [0, 0.05) is 11.9 Å². The van der Waals surface area contributed by atoms with E-state index in [1.165, 1.54) is 18.3 Å². The van der Waals surface area contributed by atoms with E-state index in [0.717, 1.165) is 0 Å². The molecular weight excluding hydrogens is 249 g/mol. The Bertz CT molecular complexity index is 644. The predicted molar refractivity (Wildman–Crippen MR) is 70.0 cm³/mol. The van der Waals surface area contributed by atoms with Crippen molar-refractivity contribution >= 4 is 23.2 Å². The van der Waals surface area contributed by atoms with Crippen molar-refractivity contribution in [3.05, 3.63) is 47.4 Å². The standard InChI is InChI=1S/C13H12FN3O2/c1-7-4-9(2-3-10(7)14)17-12-11(15)5-8(6-16-12)13(18)19/h2-6H,15H2,1H3,(H,16,17)(H,18,19). The van der Waals surface area contributed by atoms with Crippen molar-refractivity contribution in [2.24, 2.45) is 0 Å². The minimum Gasteiger partial charge on any atom is -0.478 e. The summed E-state index contributed by atoms with van der Waals surface area (Å²) in [4.78, 5) is 14.7. The van der Waals surface area contributed by atoms with E-state index in [2.05, 4.69) is 10.3 Å². The fourth-order valence-corrected chi connectivity index (χ4v) is 1.56. The number of benzene rings is 1. The van der Waals surface area contributed by atoms with Crippen LogP contribution in [0.3, 0.4) is 0 Å². The Kier molecular flexibility index (Phi) is 3.33. The van der Waals surface area contributed by atoms with Crippen LogP contribution in [0.2, 0.25) is 0 Å². The lowest BCUT2D eigenvalue weighted by Crippen LogP contribution is -2.04. The van der Waals surface area contributed by atoms with Crippen LogP contribution in [0.5, 0.6) is 0 Å². The molecule has 0 spiro atoms. The molecule has 1 aromatic carbocycles. The SMILES string of the molecule is Cc1cc(Nc2ncc(C(=O)O)cc2N)ccc1F. The summed E-state index contributed by atoms with van der Waals surface area (Å²) >= 11 is 0. The third kappa shape index (κ3) is 2.79. The summed E-state index contributed by atoms with van der Waals surface area (Å²) in [6.45, 7) is 1.64. The molecule has 0 radical (unpaired) electrons. The summed E-state index contributed by atoms with van der Waals surface area (Å²) in [5, 5.41) is 11.7. The van der Waals surface area contributed by atoms with E-state index >= 15 is 0 Å². The number of hydrogen-bond donors (Lipinski definition) is 3. The molecule has 0 saturated carbocycles. The molecule has 2 rings (SSSR count). The van der Waals surface area contributed by atoms with E-state index in [-0.39, 0.29) is 17.1 Å². The van der Waals surface area contributed by atoms with E-state index in [1.807, 2.05) is 0 Å². The van der Waals surface area contributed by atoms with E-state index in [9.17, 15) is 9.18 Å². The van der Waals surface area contributed by atoms with Gasteiger partial charge in [0.05, 0.1) is 11.3 Å². The summed E-state index contributed by atoms with van der Waals surface area (Å²) in [6.07, 6.45) is 1.21. The Morgan fingerprint density at radius 3 is 2.74 bits per heavy atom. The van der Waals surface area contributed by atoms with Crippen LogP contribution in [0.15, 0.2) is 30.5 Å². The number of rotatable bonds is 3. The number of nitrogens with two attached hydrogens (primary N) is 1. The Morgan fingerprint density at radius 1 is 1.42 bits per heavy atom. The van der Waals surface area contributed by atoms with Crippen LogP contribution in [0.1, 0.15) is 15.9 Å². The molecular formula is C13H12FN3O2. The zero-order valence-corrected chi connectivity index (χ0v) is 10.1. The molecule has 5 nitrogen and oxygen atoms in total. The highest BCUT2D eigenvalue weighted by atomic mass is 19.1. The number of carbonyl (C=O) groups is 1. The highest BCUT2D eigenvalue weighted by molar-refractivity contribution is 5.89. The van der Waals surface area contributed by atoms with Crippen molar-refractivity contribution in [1.82, 2.24) is 4.98 Å². The lowest BCUT2D eigenvalue weighted by atomic mass is 10.2. The molecule has 0 aliphatic rings. The van der Waals surface area contributed by atoms with Crippen molar-refractivity contribution in [2.75, 3.05) is 11.1 Å². The summed E-state index contributed by atoms with van der Waals surface area (Å²) < 4.78 is 13.1. The number of carboxylic acid groups (broad SMARTS) is 1. The number of aryl methyl sites for hydroxylation is 1. The van der Waals surface area contributed by atoms with E-state index in [4.69, 9.17) is 10.8 Å². The number of aromatic carboxylic acids is 1. The molecule has 0 fully saturated rings. The minimum absolute atomic E-state index is 0.0123. The average Bonchev–Trinajstić information content (AvgIpc) is 2.36. The van der Waals surface area contributed by atoms with Crippen molar-refractivity contribution in [3.8, 4) is 0 Å². The van der Waals surface area contributed by atoms with Gasteiger partial charge >= 0.3 is 5.97 Å². The first-order chi connectivity index (χ1) is 8.97. The van der Waals surface area contributed by atoms with Gasteiger partial charge in [-0.3, -0.25) is 0 Å². The number of nitrogens with one attached hydrogen (secondary N) is 1. The molecule has 1 heterocycles. The monoisotopic (exact) mass is 261 g/mol. The number of carboxylic acids is 1. The molecule has 1 aromatic heterocycles. The van der Waals surface area contributed by atoms with Gasteiger partial charge in [0.1, 0.15) is 5.82 Å². The minimum atomic E-state index is -1.09. The highest BCUT2D eigenvalue weighted by Crippen LogP contribution is 2.22. The van der Waals surface area contributed by atoms with Gasteiger partial charge < -0.3 is 16.2 Å². The summed E-state index contributed by atoms with van der Waals surface area (Å²) in [6, 6.07) is 5.81. The van der Waals surface area contributed by atoms with Crippen LogP contribution in [-0.2, 0) is 0 Å². The molecule has 0 aliphatic heterocycles. The van der Waals surface area contributed by atoms with Crippen molar-refractivity contribution in [2.45, 2.75) is 6.92 Å². The maximum Gasteiger partial charge on any atom is 0.337 e. The molecule has 19 heavy (non-hydrogen) atoms. The number of anilines is 3. The molecule has 0 bridgehead atoms. The number of hydrogen-bond acceptors (Lipinski definition) is 4. The van der Waals surface area contributed by atoms with Gasteiger partial charge in [0.25, 0.3) is 0 Å². The zero-order valence-electron chi connectivity index (χ0n) is 10.1. The predicted octanol–water partition coefficient (Wildman–Crippen LogP) is 2.55. The van der Waals surface area contributed by atoms with Gasteiger partial charge in [0.15, 0.2) is 5.82 Å². The number of nitrogen functional groups attached to an aromatic ring is 1. The maximum atomic E-state index is 13.1. The lowest BCUT2D eigenvalue weighted by Gasteiger charge is -2.09. The molecule has 0 atom stereocenters. The fraction of sp³-hybridized carbons (Fsp3) is 0.0769. The van der Waals surface area contributed by atoms with Crippen LogP contribution in [0.4, 0.5) is 21.6 Å². The number of halogens is 1. The first-order valence-corrected chi connectivity index (χ1v) is 5.49. The third-order valence-corrected chi connectivity index (χ3v) is 2.58. The smallest absolute Gasteiger partial charge is 0.337 e. The zero-order chi connectivity index (χ0) is 14.0. The molecule has 0 saturated heterocycles. The quantitative estimate of drug-likeness (QED) is 0.790. The van der Waals surface area contributed by atoms with E-state index in [0.29, 0.717) is 17.1 Å². The Labute approximate surface area is 108 Å². The third-order valence-electron chi connectivity index (χ3n) is 2.58. The molecule has 2 aromatic rings.